The summed E-state index contributed by atoms with van der Waals surface area (Å²) in [6, 6.07) is 9.13. The fourth-order valence-electron chi connectivity index (χ4n) is 3.11. The Bertz CT molecular complexity index is 394. The van der Waals surface area contributed by atoms with Crippen LogP contribution in [0.25, 0.3) is 0 Å². The molecule has 2 nitrogen and oxygen atoms in total. The Morgan fingerprint density at radius 2 is 1.95 bits per heavy atom. The molecule has 1 saturated heterocycles. The molecular weight excluding hydrogens is 232 g/mol. The molecule has 0 amide bonds. The lowest BCUT2D eigenvalue weighted by atomic mass is 9.84. The van der Waals surface area contributed by atoms with E-state index in [1.54, 1.807) is 0 Å². The van der Waals surface area contributed by atoms with Crippen molar-refractivity contribution in [1.82, 2.24) is 5.32 Å². The summed E-state index contributed by atoms with van der Waals surface area (Å²) < 4.78 is 0. The van der Waals surface area contributed by atoms with Gasteiger partial charge in [0.1, 0.15) is 0 Å². The average molecular weight is 260 g/mol. The predicted molar refractivity (Wildman–Crippen MR) is 83.9 cm³/mol. The quantitative estimate of drug-likeness (QED) is 0.892. The van der Waals surface area contributed by atoms with Crippen molar-refractivity contribution in [2.45, 2.75) is 45.6 Å². The molecule has 1 N–H and O–H groups in total. The summed E-state index contributed by atoms with van der Waals surface area (Å²) in [6.45, 7) is 9.24. The number of nitrogens with one attached hydrogen (secondary N) is 1. The minimum absolute atomic E-state index is 0.276. The maximum absolute atomic E-state index is 3.33. The van der Waals surface area contributed by atoms with E-state index in [2.05, 4.69) is 62.3 Å². The van der Waals surface area contributed by atoms with E-state index in [9.17, 15) is 0 Å². The summed E-state index contributed by atoms with van der Waals surface area (Å²) in [5, 5.41) is 3.33. The molecule has 19 heavy (non-hydrogen) atoms. The van der Waals surface area contributed by atoms with Crippen LogP contribution in [0.5, 0.6) is 0 Å². The molecular formula is C17H28N2. The number of nitrogens with zero attached hydrogens (tertiary/aromatic N) is 1. The molecule has 0 spiro atoms. The van der Waals surface area contributed by atoms with Crippen molar-refractivity contribution >= 4 is 5.69 Å². The van der Waals surface area contributed by atoms with Crippen molar-refractivity contribution in [3.63, 3.8) is 0 Å². The standard InChI is InChI=1S/C17H28N2/c1-5-14-6-8-16(9-7-14)19-13-15(12-18-4)10-11-17(19,2)3/h6-9,15,18H,5,10-13H2,1-4H3. The number of benzene rings is 1. The van der Waals surface area contributed by atoms with Crippen molar-refractivity contribution in [2.24, 2.45) is 5.92 Å². The van der Waals surface area contributed by atoms with Gasteiger partial charge in [0.25, 0.3) is 0 Å². The Labute approximate surface area is 118 Å². The van der Waals surface area contributed by atoms with Crippen LogP contribution in [0.15, 0.2) is 24.3 Å². The van der Waals surface area contributed by atoms with Crippen LogP contribution in [-0.2, 0) is 6.42 Å². The molecule has 106 valence electrons. The van der Waals surface area contributed by atoms with Crippen LogP contribution in [0.3, 0.4) is 0 Å². The summed E-state index contributed by atoms with van der Waals surface area (Å²) in [6.07, 6.45) is 3.72. The maximum atomic E-state index is 3.33. The lowest BCUT2D eigenvalue weighted by molar-refractivity contribution is 0.287. The second-order valence-electron chi connectivity index (χ2n) is 6.41. The SMILES string of the molecule is CCc1ccc(N2CC(CNC)CCC2(C)C)cc1. The second kappa shape index (κ2) is 5.96. The van der Waals surface area contributed by atoms with Crippen molar-refractivity contribution < 1.29 is 0 Å². The van der Waals surface area contributed by atoms with E-state index < -0.39 is 0 Å². The van der Waals surface area contributed by atoms with Gasteiger partial charge in [0.05, 0.1) is 0 Å². The molecule has 2 rings (SSSR count). The lowest BCUT2D eigenvalue weighted by Crippen LogP contribution is -2.52. The summed E-state index contributed by atoms with van der Waals surface area (Å²) in [5.74, 6) is 0.767. The average Bonchev–Trinajstić information content (AvgIpc) is 2.41. The number of hydrogen-bond acceptors (Lipinski definition) is 2. The van der Waals surface area contributed by atoms with Crippen molar-refractivity contribution in [3.8, 4) is 0 Å². The van der Waals surface area contributed by atoms with Gasteiger partial charge in [0.15, 0.2) is 0 Å². The van der Waals surface area contributed by atoms with Gasteiger partial charge in [-0.1, -0.05) is 19.1 Å². The Morgan fingerprint density at radius 1 is 1.26 bits per heavy atom. The van der Waals surface area contributed by atoms with Crippen LogP contribution in [-0.4, -0.2) is 25.7 Å². The van der Waals surface area contributed by atoms with Gasteiger partial charge in [0, 0.05) is 17.8 Å². The van der Waals surface area contributed by atoms with Gasteiger partial charge in [0.2, 0.25) is 0 Å². The predicted octanol–water partition coefficient (Wildman–Crippen LogP) is 3.46. The summed E-state index contributed by atoms with van der Waals surface area (Å²) in [4.78, 5) is 2.60. The molecule has 1 aliphatic rings. The van der Waals surface area contributed by atoms with E-state index in [0.717, 1.165) is 18.9 Å². The second-order valence-corrected chi connectivity index (χ2v) is 6.41. The first-order valence-corrected chi connectivity index (χ1v) is 7.58. The molecule has 0 aromatic heterocycles. The molecule has 1 unspecified atom stereocenters. The number of anilines is 1. The van der Waals surface area contributed by atoms with Crippen LogP contribution in [0.2, 0.25) is 0 Å². The van der Waals surface area contributed by atoms with E-state index in [0.29, 0.717) is 0 Å². The normalized spacial score (nSPS) is 22.5. The molecule has 0 bridgehead atoms. The highest BCUT2D eigenvalue weighted by Gasteiger charge is 2.33. The number of aryl methyl sites for hydroxylation is 1. The maximum Gasteiger partial charge on any atom is 0.0370 e. The van der Waals surface area contributed by atoms with Crippen molar-refractivity contribution in [3.05, 3.63) is 29.8 Å². The Kier molecular flexibility index (Phi) is 4.51. The lowest BCUT2D eigenvalue weighted by Gasteiger charge is -2.47. The first kappa shape index (κ1) is 14.4. The van der Waals surface area contributed by atoms with E-state index in [4.69, 9.17) is 0 Å². The van der Waals surface area contributed by atoms with Gasteiger partial charge in [-0.15, -0.1) is 0 Å². The van der Waals surface area contributed by atoms with Gasteiger partial charge in [-0.3, -0.25) is 0 Å². The number of hydrogen-bond donors (Lipinski definition) is 1. The largest absolute Gasteiger partial charge is 0.366 e. The third-order valence-corrected chi connectivity index (χ3v) is 4.48. The molecule has 2 heteroatoms. The van der Waals surface area contributed by atoms with Crippen molar-refractivity contribution in [2.75, 3.05) is 25.0 Å². The molecule has 1 aliphatic heterocycles. The van der Waals surface area contributed by atoms with Gasteiger partial charge in [-0.2, -0.15) is 0 Å². The Hall–Kier alpha value is -1.02. The van der Waals surface area contributed by atoms with E-state index in [-0.39, 0.29) is 5.54 Å². The van der Waals surface area contributed by atoms with Crippen LogP contribution in [0.4, 0.5) is 5.69 Å². The monoisotopic (exact) mass is 260 g/mol. The van der Waals surface area contributed by atoms with E-state index in [1.807, 2.05) is 0 Å². The highest BCUT2D eigenvalue weighted by atomic mass is 15.2. The summed E-state index contributed by atoms with van der Waals surface area (Å²) >= 11 is 0. The van der Waals surface area contributed by atoms with Crippen molar-refractivity contribution in [1.29, 1.82) is 0 Å². The molecule has 0 aliphatic carbocycles. The fourth-order valence-corrected chi connectivity index (χ4v) is 3.11. The number of rotatable bonds is 4. The van der Waals surface area contributed by atoms with Crippen LogP contribution < -0.4 is 10.2 Å². The summed E-state index contributed by atoms with van der Waals surface area (Å²) in [5.41, 5.74) is 3.08. The van der Waals surface area contributed by atoms with Gasteiger partial charge < -0.3 is 10.2 Å². The first-order valence-electron chi connectivity index (χ1n) is 7.58. The molecule has 1 atom stereocenters. The first-order chi connectivity index (χ1) is 9.06. The van der Waals surface area contributed by atoms with E-state index in [1.165, 1.54) is 30.6 Å². The zero-order valence-corrected chi connectivity index (χ0v) is 12.9. The van der Waals surface area contributed by atoms with Gasteiger partial charge in [-0.05, 0) is 70.3 Å². The zero-order chi connectivity index (χ0) is 13.9. The highest BCUT2D eigenvalue weighted by Crippen LogP contribution is 2.34. The Balaban J connectivity index is 2.17. The zero-order valence-electron chi connectivity index (χ0n) is 12.9. The number of piperidine rings is 1. The summed E-state index contributed by atoms with van der Waals surface area (Å²) in [7, 11) is 2.06. The van der Waals surface area contributed by atoms with Crippen LogP contribution in [0, 0.1) is 5.92 Å². The third kappa shape index (κ3) is 3.30. The topological polar surface area (TPSA) is 15.3 Å². The van der Waals surface area contributed by atoms with Gasteiger partial charge >= 0.3 is 0 Å². The third-order valence-electron chi connectivity index (χ3n) is 4.48. The van der Waals surface area contributed by atoms with Crippen LogP contribution in [0.1, 0.15) is 39.2 Å². The van der Waals surface area contributed by atoms with Gasteiger partial charge in [-0.25, -0.2) is 0 Å². The fraction of sp³-hybridized carbons (Fsp3) is 0.647. The molecule has 1 aromatic rings. The highest BCUT2D eigenvalue weighted by molar-refractivity contribution is 5.50. The molecule has 1 heterocycles. The molecule has 0 radical (unpaired) electrons. The van der Waals surface area contributed by atoms with E-state index >= 15 is 0 Å². The molecule has 0 saturated carbocycles. The minimum atomic E-state index is 0.276. The molecule has 1 fully saturated rings. The van der Waals surface area contributed by atoms with Crippen LogP contribution >= 0.6 is 0 Å². The minimum Gasteiger partial charge on any atom is -0.366 e. The smallest absolute Gasteiger partial charge is 0.0370 e. The molecule has 1 aromatic carbocycles. The Morgan fingerprint density at radius 3 is 2.53 bits per heavy atom.